The number of aryl methyl sites for hydroxylation is 3. The molecule has 0 aliphatic carbocycles. The Hall–Kier alpha value is -4.12. The van der Waals surface area contributed by atoms with Crippen molar-refractivity contribution in [1.82, 2.24) is 9.13 Å². The Morgan fingerprint density at radius 2 is 1.38 bits per heavy atom. The normalized spacial score (nSPS) is 12.8. The number of unbranched alkanes of at least 4 members (excludes halogenated alkanes) is 1. The SMILES string of the molecule is CCCCC(CC)Cn1c2cc(N)ccc2c2ccc3c(=O)n(-c4c(C)cc(C)cc4C)c(=O)c4ccc1c2c34. The van der Waals surface area contributed by atoms with Crippen molar-refractivity contribution in [3.8, 4) is 5.69 Å². The molecule has 0 spiro atoms. The van der Waals surface area contributed by atoms with Gasteiger partial charge >= 0.3 is 0 Å². The number of rotatable bonds is 7. The minimum Gasteiger partial charge on any atom is -0.399 e. The van der Waals surface area contributed by atoms with E-state index in [1.165, 1.54) is 17.4 Å². The zero-order valence-corrected chi connectivity index (χ0v) is 24.1. The van der Waals surface area contributed by atoms with Crippen molar-refractivity contribution in [1.29, 1.82) is 0 Å². The third-order valence-electron chi connectivity index (χ3n) is 8.74. The summed E-state index contributed by atoms with van der Waals surface area (Å²) in [4.78, 5) is 28.2. The molecule has 0 aliphatic heterocycles. The van der Waals surface area contributed by atoms with Gasteiger partial charge in [0.25, 0.3) is 11.1 Å². The maximum atomic E-state index is 14.1. The smallest absolute Gasteiger partial charge is 0.266 e. The Morgan fingerprint density at radius 3 is 2.02 bits per heavy atom. The fourth-order valence-corrected chi connectivity index (χ4v) is 6.85. The Balaban J connectivity index is 1.75. The maximum Gasteiger partial charge on any atom is 0.266 e. The molecule has 1 unspecified atom stereocenters. The van der Waals surface area contributed by atoms with E-state index in [2.05, 4.69) is 36.6 Å². The number of hydrogen-bond acceptors (Lipinski definition) is 3. The molecule has 2 heterocycles. The van der Waals surface area contributed by atoms with Gasteiger partial charge in [0.15, 0.2) is 0 Å². The zero-order chi connectivity index (χ0) is 28.3. The summed E-state index contributed by atoms with van der Waals surface area (Å²) >= 11 is 0. The fourth-order valence-electron chi connectivity index (χ4n) is 6.85. The van der Waals surface area contributed by atoms with Crippen LogP contribution >= 0.6 is 0 Å². The molecule has 0 fully saturated rings. The van der Waals surface area contributed by atoms with Gasteiger partial charge in [-0.05, 0) is 80.0 Å². The summed E-state index contributed by atoms with van der Waals surface area (Å²) in [5.74, 6) is 0.521. The number of aromatic nitrogens is 2. The van der Waals surface area contributed by atoms with Gasteiger partial charge in [-0.1, -0.05) is 62.9 Å². The van der Waals surface area contributed by atoms with Crippen LogP contribution in [0.3, 0.4) is 0 Å². The summed E-state index contributed by atoms with van der Waals surface area (Å²) in [5, 5.41) is 5.02. The molecule has 0 saturated carbocycles. The molecule has 0 amide bonds. The Labute approximate surface area is 234 Å². The molecule has 2 aromatic heterocycles. The van der Waals surface area contributed by atoms with Crippen molar-refractivity contribution in [3.05, 3.63) is 92.0 Å². The average Bonchev–Trinajstić information content (AvgIpc) is 2.93. The van der Waals surface area contributed by atoms with Crippen LogP contribution in [0, 0.1) is 26.7 Å². The number of nitrogen functional groups attached to an aromatic ring is 1. The molecule has 0 bridgehead atoms. The third kappa shape index (κ3) is 3.90. The van der Waals surface area contributed by atoms with E-state index in [4.69, 9.17) is 5.73 Å². The van der Waals surface area contributed by atoms with Crippen LogP contribution < -0.4 is 16.9 Å². The number of benzene rings is 4. The Kier molecular flexibility index (Phi) is 6.41. The average molecular weight is 532 g/mol. The topological polar surface area (TPSA) is 70.0 Å². The fraction of sp³-hybridized carbons (Fsp3) is 0.314. The number of anilines is 1. The van der Waals surface area contributed by atoms with E-state index in [0.29, 0.717) is 22.4 Å². The van der Waals surface area contributed by atoms with E-state index >= 15 is 0 Å². The highest BCUT2D eigenvalue weighted by Crippen LogP contribution is 2.38. The second kappa shape index (κ2) is 9.81. The molecule has 5 heteroatoms. The molecule has 0 aliphatic rings. The molecule has 1 atom stereocenters. The van der Waals surface area contributed by atoms with Crippen molar-refractivity contribution >= 4 is 49.0 Å². The molecule has 4 aromatic carbocycles. The van der Waals surface area contributed by atoms with Crippen LogP contribution in [0.4, 0.5) is 5.69 Å². The minimum atomic E-state index is -0.264. The van der Waals surface area contributed by atoms with Crippen LogP contribution in [0.25, 0.3) is 49.0 Å². The third-order valence-corrected chi connectivity index (χ3v) is 8.74. The molecule has 5 nitrogen and oxygen atoms in total. The van der Waals surface area contributed by atoms with E-state index in [0.717, 1.165) is 74.3 Å². The molecule has 204 valence electrons. The van der Waals surface area contributed by atoms with Gasteiger partial charge in [-0.25, -0.2) is 4.57 Å². The van der Waals surface area contributed by atoms with Gasteiger partial charge in [-0.2, -0.15) is 0 Å². The van der Waals surface area contributed by atoms with E-state index in [1.807, 2.05) is 57.2 Å². The highest BCUT2D eigenvalue weighted by atomic mass is 16.2. The summed E-state index contributed by atoms with van der Waals surface area (Å²) in [6.45, 7) is 11.3. The lowest BCUT2D eigenvalue weighted by Gasteiger charge is -2.24. The molecule has 6 rings (SSSR count). The molecule has 40 heavy (non-hydrogen) atoms. The summed E-state index contributed by atoms with van der Waals surface area (Å²) in [6.07, 6.45) is 4.62. The van der Waals surface area contributed by atoms with E-state index in [1.54, 1.807) is 0 Å². The first-order valence-electron chi connectivity index (χ1n) is 14.5. The van der Waals surface area contributed by atoms with Gasteiger partial charge in [0.1, 0.15) is 0 Å². The van der Waals surface area contributed by atoms with Crippen molar-refractivity contribution in [2.24, 2.45) is 5.92 Å². The van der Waals surface area contributed by atoms with E-state index < -0.39 is 0 Å². The van der Waals surface area contributed by atoms with Gasteiger partial charge in [-0.15, -0.1) is 0 Å². The summed E-state index contributed by atoms with van der Waals surface area (Å²) in [5.41, 5.74) is 12.3. The summed E-state index contributed by atoms with van der Waals surface area (Å²) in [6, 6.07) is 18.1. The molecular weight excluding hydrogens is 494 g/mol. The summed E-state index contributed by atoms with van der Waals surface area (Å²) in [7, 11) is 0. The molecule has 6 aromatic rings. The summed E-state index contributed by atoms with van der Waals surface area (Å²) < 4.78 is 3.76. The second-order valence-corrected chi connectivity index (χ2v) is 11.5. The molecule has 0 radical (unpaired) electrons. The van der Waals surface area contributed by atoms with Crippen LogP contribution in [-0.2, 0) is 6.54 Å². The molecular formula is C35H37N3O2. The molecule has 2 N–H and O–H groups in total. The maximum absolute atomic E-state index is 14.1. The number of nitrogens with two attached hydrogens (primary N) is 1. The number of pyridine rings is 2. The predicted octanol–water partition coefficient (Wildman–Crippen LogP) is 7.77. The minimum absolute atomic E-state index is 0.264. The number of fused-ring (bicyclic) bond motifs is 2. The highest BCUT2D eigenvalue weighted by molar-refractivity contribution is 6.27. The monoisotopic (exact) mass is 531 g/mol. The van der Waals surface area contributed by atoms with Crippen LogP contribution in [0.2, 0.25) is 0 Å². The van der Waals surface area contributed by atoms with Gasteiger partial charge in [0.05, 0.1) is 11.2 Å². The largest absolute Gasteiger partial charge is 0.399 e. The van der Waals surface area contributed by atoms with Crippen LogP contribution in [-0.4, -0.2) is 9.13 Å². The zero-order valence-electron chi connectivity index (χ0n) is 24.1. The Bertz CT molecular complexity index is 1990. The lowest BCUT2D eigenvalue weighted by Crippen LogP contribution is -2.33. The van der Waals surface area contributed by atoms with Crippen LogP contribution in [0.5, 0.6) is 0 Å². The van der Waals surface area contributed by atoms with Crippen molar-refractivity contribution in [2.45, 2.75) is 66.8 Å². The Morgan fingerprint density at radius 1 is 0.750 bits per heavy atom. The number of nitrogens with zero attached hydrogens (tertiary/aromatic N) is 2. The van der Waals surface area contributed by atoms with Crippen LogP contribution in [0.1, 0.15) is 56.2 Å². The van der Waals surface area contributed by atoms with Gasteiger partial charge in [0, 0.05) is 44.7 Å². The first-order valence-corrected chi connectivity index (χ1v) is 14.5. The highest BCUT2D eigenvalue weighted by Gasteiger charge is 2.22. The van der Waals surface area contributed by atoms with E-state index in [-0.39, 0.29) is 11.1 Å². The second-order valence-electron chi connectivity index (χ2n) is 11.5. The van der Waals surface area contributed by atoms with Crippen molar-refractivity contribution in [3.63, 3.8) is 0 Å². The van der Waals surface area contributed by atoms with Gasteiger partial charge in [-0.3, -0.25) is 9.59 Å². The first kappa shape index (κ1) is 26.1. The van der Waals surface area contributed by atoms with Crippen LogP contribution in [0.15, 0.2) is 64.2 Å². The lowest BCUT2D eigenvalue weighted by molar-refractivity contribution is 0.400. The quantitative estimate of drug-likeness (QED) is 0.130. The predicted molar refractivity (Wildman–Crippen MR) is 169 cm³/mol. The van der Waals surface area contributed by atoms with Gasteiger partial charge in [0.2, 0.25) is 0 Å². The standard InChI is InChI=1S/C35H37N3O2/c1-6-8-9-23(7-2)19-37-29-15-14-28-31-27(13-12-26(32(29)31)25-11-10-24(36)18-30(25)37)34(39)38(35(28)40)33-21(4)16-20(3)17-22(33)5/h10-18,23H,6-9,19,36H2,1-5H3. The number of hydrogen-bond donors (Lipinski definition) is 1. The van der Waals surface area contributed by atoms with Gasteiger partial charge < -0.3 is 10.3 Å². The first-order chi connectivity index (χ1) is 19.2. The van der Waals surface area contributed by atoms with Crippen molar-refractivity contribution < 1.29 is 0 Å². The molecule has 0 saturated heterocycles. The lowest BCUT2D eigenvalue weighted by atomic mass is 9.93. The van der Waals surface area contributed by atoms with E-state index in [9.17, 15) is 9.59 Å². The van der Waals surface area contributed by atoms with Crippen molar-refractivity contribution in [2.75, 3.05) is 5.73 Å².